The molecule has 3 heterocycles. The summed E-state index contributed by atoms with van der Waals surface area (Å²) in [6.07, 6.45) is -3.03. The van der Waals surface area contributed by atoms with Crippen LogP contribution in [0.2, 0.25) is 0 Å². The molecule has 1 amide bonds. The van der Waals surface area contributed by atoms with E-state index in [1.165, 1.54) is 11.0 Å². The van der Waals surface area contributed by atoms with Crippen molar-refractivity contribution in [3.05, 3.63) is 47.2 Å². The molecular formula is C18H21F3N6O. The van der Waals surface area contributed by atoms with Crippen LogP contribution in [0, 0.1) is 0 Å². The number of hydrogen-bond acceptors (Lipinski definition) is 4. The van der Waals surface area contributed by atoms with Gasteiger partial charge in [0.05, 0.1) is 17.9 Å². The van der Waals surface area contributed by atoms with E-state index in [9.17, 15) is 18.0 Å². The Kier molecular flexibility index (Phi) is 4.68. The molecule has 10 heteroatoms. The zero-order valence-electron chi connectivity index (χ0n) is 16.2. The summed E-state index contributed by atoms with van der Waals surface area (Å²) in [5.41, 5.74) is -0.619. The van der Waals surface area contributed by atoms with Crippen molar-refractivity contribution in [2.75, 3.05) is 7.05 Å². The Hall–Kier alpha value is -2.91. The van der Waals surface area contributed by atoms with E-state index in [-0.39, 0.29) is 23.6 Å². The van der Waals surface area contributed by atoms with Crippen LogP contribution in [0.3, 0.4) is 0 Å². The minimum Gasteiger partial charge on any atom is -0.334 e. The topological polar surface area (TPSA) is 68.3 Å². The molecule has 3 rings (SSSR count). The van der Waals surface area contributed by atoms with Gasteiger partial charge in [0, 0.05) is 31.8 Å². The molecule has 0 spiro atoms. The largest absolute Gasteiger partial charge is 0.433 e. The third-order valence-electron chi connectivity index (χ3n) is 4.37. The summed E-state index contributed by atoms with van der Waals surface area (Å²) in [6, 6.07) is 4.02. The number of aromatic nitrogens is 5. The van der Waals surface area contributed by atoms with Crippen LogP contribution >= 0.6 is 0 Å². The Labute approximate surface area is 159 Å². The van der Waals surface area contributed by atoms with Crippen LogP contribution in [0.5, 0.6) is 0 Å². The van der Waals surface area contributed by atoms with Crippen molar-refractivity contribution in [2.45, 2.75) is 38.9 Å². The molecule has 3 aromatic heterocycles. The minimum atomic E-state index is -4.63. The number of alkyl halides is 3. The SMILES string of the molecule is CN(Cc1ccnn1C)C(=O)c1cc2nc(C(C)(C)C)cc(C(F)(F)F)n2n1. The maximum atomic E-state index is 13.6. The Bertz CT molecular complexity index is 1030. The van der Waals surface area contributed by atoms with Crippen molar-refractivity contribution in [2.24, 2.45) is 7.05 Å². The van der Waals surface area contributed by atoms with Crippen LogP contribution in [0.25, 0.3) is 5.65 Å². The van der Waals surface area contributed by atoms with Crippen LogP contribution in [-0.2, 0) is 25.2 Å². The summed E-state index contributed by atoms with van der Waals surface area (Å²) in [4.78, 5) is 18.4. The summed E-state index contributed by atoms with van der Waals surface area (Å²) < 4.78 is 43.0. The third-order valence-corrected chi connectivity index (χ3v) is 4.37. The van der Waals surface area contributed by atoms with Crippen LogP contribution < -0.4 is 0 Å². The van der Waals surface area contributed by atoms with Gasteiger partial charge in [0.15, 0.2) is 11.3 Å². The number of aryl methyl sites for hydroxylation is 1. The molecule has 0 radical (unpaired) electrons. The maximum Gasteiger partial charge on any atom is 0.433 e. The van der Waals surface area contributed by atoms with E-state index in [0.717, 1.165) is 11.8 Å². The molecule has 0 saturated carbocycles. The van der Waals surface area contributed by atoms with Crippen LogP contribution in [0.1, 0.15) is 48.3 Å². The summed E-state index contributed by atoms with van der Waals surface area (Å²) in [5, 5.41) is 7.93. The van der Waals surface area contributed by atoms with Crippen molar-refractivity contribution >= 4 is 11.6 Å². The van der Waals surface area contributed by atoms with Gasteiger partial charge in [0.1, 0.15) is 5.69 Å². The average Bonchev–Trinajstić information content (AvgIpc) is 3.17. The standard InChI is InChI=1S/C18H21F3N6O/c1-17(2,3)13-9-14(18(19,20)21)27-15(23-13)8-12(24-27)16(28)25(4)10-11-6-7-22-26(11)5/h6-9H,10H2,1-5H3. The number of nitrogens with zero attached hydrogens (tertiary/aromatic N) is 6. The van der Waals surface area contributed by atoms with Crippen molar-refractivity contribution in [3.8, 4) is 0 Å². The second-order valence-electron chi connectivity index (χ2n) is 7.68. The Balaban J connectivity index is 2.03. The number of hydrogen-bond donors (Lipinski definition) is 0. The molecule has 0 saturated heterocycles. The van der Waals surface area contributed by atoms with Crippen LogP contribution in [0.4, 0.5) is 13.2 Å². The highest BCUT2D eigenvalue weighted by molar-refractivity contribution is 5.93. The van der Waals surface area contributed by atoms with E-state index in [1.54, 1.807) is 51.8 Å². The molecule has 0 aliphatic carbocycles. The fourth-order valence-corrected chi connectivity index (χ4v) is 2.73. The molecule has 0 bridgehead atoms. The summed E-state index contributed by atoms with van der Waals surface area (Å²) in [6.45, 7) is 5.57. The lowest BCUT2D eigenvalue weighted by molar-refractivity contribution is -0.142. The highest BCUT2D eigenvalue weighted by Crippen LogP contribution is 2.32. The second kappa shape index (κ2) is 6.61. The van der Waals surface area contributed by atoms with Gasteiger partial charge in [-0.1, -0.05) is 20.8 Å². The Morgan fingerprint density at radius 3 is 2.43 bits per heavy atom. The Morgan fingerprint density at radius 1 is 1.21 bits per heavy atom. The van der Waals surface area contributed by atoms with Crippen molar-refractivity contribution in [1.29, 1.82) is 0 Å². The molecule has 0 N–H and O–H groups in total. The van der Waals surface area contributed by atoms with Gasteiger partial charge in [-0.05, 0) is 12.1 Å². The molecule has 28 heavy (non-hydrogen) atoms. The molecule has 0 aromatic carbocycles. The van der Waals surface area contributed by atoms with Gasteiger partial charge in [-0.3, -0.25) is 9.48 Å². The smallest absolute Gasteiger partial charge is 0.334 e. The van der Waals surface area contributed by atoms with Crippen LogP contribution in [0.15, 0.2) is 24.4 Å². The molecule has 0 aliphatic heterocycles. The molecule has 0 unspecified atom stereocenters. The molecule has 0 atom stereocenters. The van der Waals surface area contributed by atoms with Gasteiger partial charge >= 0.3 is 6.18 Å². The number of rotatable bonds is 3. The van der Waals surface area contributed by atoms with E-state index in [1.807, 2.05) is 0 Å². The molecule has 150 valence electrons. The van der Waals surface area contributed by atoms with Gasteiger partial charge in [0.25, 0.3) is 5.91 Å². The van der Waals surface area contributed by atoms with E-state index < -0.39 is 23.2 Å². The number of halogens is 3. The van der Waals surface area contributed by atoms with Gasteiger partial charge in [0.2, 0.25) is 0 Å². The van der Waals surface area contributed by atoms with Gasteiger partial charge in [-0.2, -0.15) is 23.4 Å². The number of amides is 1. The number of carbonyl (C=O) groups is 1. The van der Waals surface area contributed by atoms with E-state index in [4.69, 9.17) is 0 Å². The van der Waals surface area contributed by atoms with E-state index in [2.05, 4.69) is 15.2 Å². The number of fused-ring (bicyclic) bond motifs is 1. The molecule has 0 fully saturated rings. The third kappa shape index (κ3) is 3.71. The lowest BCUT2D eigenvalue weighted by Gasteiger charge is -2.19. The maximum absolute atomic E-state index is 13.6. The predicted molar refractivity (Wildman–Crippen MR) is 95.7 cm³/mol. The van der Waals surface area contributed by atoms with Crippen LogP contribution in [-0.4, -0.2) is 42.2 Å². The van der Waals surface area contributed by atoms with E-state index in [0.29, 0.717) is 4.52 Å². The summed E-state index contributed by atoms with van der Waals surface area (Å²) in [7, 11) is 3.30. The first-order valence-electron chi connectivity index (χ1n) is 8.59. The van der Waals surface area contributed by atoms with Gasteiger partial charge < -0.3 is 4.90 Å². The zero-order valence-corrected chi connectivity index (χ0v) is 16.2. The highest BCUT2D eigenvalue weighted by atomic mass is 19.4. The molecule has 7 nitrogen and oxygen atoms in total. The second-order valence-corrected chi connectivity index (χ2v) is 7.68. The predicted octanol–water partition coefficient (Wildman–Crippen LogP) is 3.05. The quantitative estimate of drug-likeness (QED) is 0.685. The molecule has 0 aliphatic rings. The first-order valence-corrected chi connectivity index (χ1v) is 8.59. The summed E-state index contributed by atoms with van der Waals surface area (Å²) in [5.74, 6) is -0.503. The van der Waals surface area contributed by atoms with Gasteiger partial charge in [-0.25, -0.2) is 9.50 Å². The van der Waals surface area contributed by atoms with Crippen molar-refractivity contribution in [1.82, 2.24) is 29.3 Å². The van der Waals surface area contributed by atoms with E-state index >= 15 is 0 Å². The minimum absolute atomic E-state index is 0.0166. The lowest BCUT2D eigenvalue weighted by Crippen LogP contribution is -2.27. The van der Waals surface area contributed by atoms with Crippen molar-refractivity contribution < 1.29 is 18.0 Å². The average molecular weight is 394 g/mol. The number of carbonyl (C=O) groups excluding carboxylic acids is 1. The fraction of sp³-hybridized carbons (Fsp3) is 0.444. The summed E-state index contributed by atoms with van der Waals surface area (Å²) >= 11 is 0. The zero-order chi connectivity index (χ0) is 20.9. The lowest BCUT2D eigenvalue weighted by atomic mass is 9.91. The molecule has 3 aromatic rings. The van der Waals surface area contributed by atoms with Crippen molar-refractivity contribution in [3.63, 3.8) is 0 Å². The Morgan fingerprint density at radius 2 is 1.89 bits per heavy atom. The normalized spacial score (nSPS) is 12.6. The monoisotopic (exact) mass is 394 g/mol. The molecular weight excluding hydrogens is 373 g/mol. The van der Waals surface area contributed by atoms with Gasteiger partial charge in [-0.15, -0.1) is 0 Å². The first kappa shape index (κ1) is 19.8. The highest BCUT2D eigenvalue weighted by Gasteiger charge is 2.36. The fourth-order valence-electron chi connectivity index (χ4n) is 2.73. The first-order chi connectivity index (χ1) is 12.9.